The van der Waals surface area contributed by atoms with Gasteiger partial charge in [0.1, 0.15) is 0 Å². The van der Waals surface area contributed by atoms with E-state index in [2.05, 4.69) is 10.6 Å². The number of aryl methyl sites for hydroxylation is 1. The quantitative estimate of drug-likeness (QED) is 0.566. The van der Waals surface area contributed by atoms with Gasteiger partial charge in [0.05, 0.1) is 18.0 Å². The molecule has 2 aromatic rings. The van der Waals surface area contributed by atoms with Gasteiger partial charge in [-0.05, 0) is 36.8 Å². The van der Waals surface area contributed by atoms with Crippen molar-refractivity contribution in [3.05, 3.63) is 53.6 Å². The number of benzene rings is 2. The van der Waals surface area contributed by atoms with Crippen LogP contribution in [0.25, 0.3) is 0 Å². The van der Waals surface area contributed by atoms with Crippen molar-refractivity contribution in [3.63, 3.8) is 0 Å². The first kappa shape index (κ1) is 15.9. The van der Waals surface area contributed by atoms with Crippen molar-refractivity contribution >= 4 is 23.0 Å². The maximum absolute atomic E-state index is 12.0. The van der Waals surface area contributed by atoms with Crippen LogP contribution in [0.2, 0.25) is 0 Å². The first-order valence-corrected chi connectivity index (χ1v) is 7.11. The van der Waals surface area contributed by atoms with E-state index >= 15 is 0 Å². The van der Waals surface area contributed by atoms with Crippen molar-refractivity contribution in [2.75, 3.05) is 31.3 Å². The number of carbonyl (C=O) groups is 1. The van der Waals surface area contributed by atoms with E-state index in [1.807, 2.05) is 37.3 Å². The summed E-state index contributed by atoms with van der Waals surface area (Å²) in [5, 5.41) is 6.05. The normalized spacial score (nSPS) is 10.3. The number of amides is 1. The molecule has 0 fully saturated rings. The molecule has 5 heteroatoms. The number of hydrogen-bond acceptors (Lipinski definition) is 4. The van der Waals surface area contributed by atoms with E-state index in [-0.39, 0.29) is 5.91 Å². The minimum absolute atomic E-state index is 0.161. The fourth-order valence-corrected chi connectivity index (χ4v) is 2.04. The minimum atomic E-state index is -0.161. The monoisotopic (exact) mass is 299 g/mol. The molecule has 0 aliphatic rings. The Bertz CT molecular complexity index is 656. The topological polar surface area (TPSA) is 76.4 Å². The number of nitrogens with one attached hydrogen (secondary N) is 2. The molecular weight excluding hydrogens is 278 g/mol. The summed E-state index contributed by atoms with van der Waals surface area (Å²) in [6, 6.07) is 13.2. The fraction of sp³-hybridized carbons (Fsp3) is 0.235. The minimum Gasteiger partial charge on any atom is -0.397 e. The zero-order chi connectivity index (χ0) is 15.9. The molecule has 4 N–H and O–H groups in total. The highest BCUT2D eigenvalue weighted by Gasteiger charge is 2.08. The van der Waals surface area contributed by atoms with Crippen molar-refractivity contribution in [3.8, 4) is 0 Å². The molecule has 5 nitrogen and oxygen atoms in total. The van der Waals surface area contributed by atoms with Gasteiger partial charge in [-0.25, -0.2) is 0 Å². The molecule has 1 amide bonds. The molecule has 0 saturated heterocycles. The molecule has 2 rings (SSSR count). The van der Waals surface area contributed by atoms with Crippen LogP contribution < -0.4 is 16.4 Å². The summed E-state index contributed by atoms with van der Waals surface area (Å²) in [5.41, 5.74) is 10.0. The Morgan fingerprint density at radius 1 is 1.18 bits per heavy atom. The lowest BCUT2D eigenvalue weighted by Gasteiger charge is -2.13. The second-order valence-electron chi connectivity index (χ2n) is 4.99. The Morgan fingerprint density at radius 3 is 2.64 bits per heavy atom. The summed E-state index contributed by atoms with van der Waals surface area (Å²) in [5.74, 6) is -0.161. The molecule has 0 saturated carbocycles. The van der Waals surface area contributed by atoms with Gasteiger partial charge in [0, 0.05) is 24.9 Å². The predicted molar refractivity (Wildman–Crippen MR) is 89.5 cm³/mol. The lowest BCUT2D eigenvalue weighted by Crippen LogP contribution is -2.27. The molecule has 0 unspecified atom stereocenters. The van der Waals surface area contributed by atoms with E-state index in [0.29, 0.717) is 24.4 Å². The van der Waals surface area contributed by atoms with Crippen molar-refractivity contribution in [2.24, 2.45) is 0 Å². The van der Waals surface area contributed by atoms with Crippen molar-refractivity contribution in [2.45, 2.75) is 6.92 Å². The molecule has 0 radical (unpaired) electrons. The van der Waals surface area contributed by atoms with Crippen LogP contribution in [-0.4, -0.2) is 26.2 Å². The number of rotatable bonds is 6. The number of ether oxygens (including phenoxy) is 1. The van der Waals surface area contributed by atoms with Crippen LogP contribution in [0.3, 0.4) is 0 Å². The summed E-state index contributed by atoms with van der Waals surface area (Å²) in [4.78, 5) is 12.0. The van der Waals surface area contributed by atoms with Gasteiger partial charge in [0.2, 0.25) is 0 Å². The standard InChI is InChI=1S/C17H21N3O2/c1-12-5-3-4-6-15(12)20-16-8-7-13(11-14(16)18)17(21)19-9-10-22-2/h3-8,11,20H,9-10,18H2,1-2H3,(H,19,21). The Morgan fingerprint density at radius 2 is 1.95 bits per heavy atom. The Balaban J connectivity index is 2.10. The third-order valence-electron chi connectivity index (χ3n) is 3.32. The van der Waals surface area contributed by atoms with Crippen molar-refractivity contribution in [1.29, 1.82) is 0 Å². The number of nitrogens with two attached hydrogens (primary N) is 1. The van der Waals surface area contributed by atoms with E-state index in [9.17, 15) is 4.79 Å². The van der Waals surface area contributed by atoms with Crippen LogP contribution in [0.15, 0.2) is 42.5 Å². The summed E-state index contributed by atoms with van der Waals surface area (Å²) in [6.45, 7) is 2.97. The zero-order valence-electron chi connectivity index (χ0n) is 12.8. The highest BCUT2D eigenvalue weighted by atomic mass is 16.5. The molecule has 0 bridgehead atoms. The van der Waals surface area contributed by atoms with E-state index in [0.717, 1.165) is 16.9 Å². The molecule has 116 valence electrons. The Labute approximate surface area is 130 Å². The van der Waals surface area contributed by atoms with E-state index in [4.69, 9.17) is 10.5 Å². The van der Waals surface area contributed by atoms with Gasteiger partial charge in [-0.3, -0.25) is 4.79 Å². The van der Waals surface area contributed by atoms with Crippen LogP contribution in [0, 0.1) is 6.92 Å². The van der Waals surface area contributed by atoms with E-state index < -0.39 is 0 Å². The van der Waals surface area contributed by atoms with Gasteiger partial charge in [0.25, 0.3) is 5.91 Å². The lowest BCUT2D eigenvalue weighted by atomic mass is 10.1. The smallest absolute Gasteiger partial charge is 0.251 e. The SMILES string of the molecule is COCCNC(=O)c1ccc(Nc2ccccc2C)c(N)c1. The number of hydrogen-bond donors (Lipinski definition) is 3. The van der Waals surface area contributed by atoms with Gasteiger partial charge in [-0.15, -0.1) is 0 Å². The molecular formula is C17H21N3O2. The molecule has 0 aliphatic carbocycles. The van der Waals surface area contributed by atoms with Gasteiger partial charge in [-0.1, -0.05) is 18.2 Å². The first-order valence-electron chi connectivity index (χ1n) is 7.11. The number of carbonyl (C=O) groups excluding carboxylic acids is 1. The highest BCUT2D eigenvalue weighted by molar-refractivity contribution is 5.96. The Kier molecular flexibility index (Phi) is 5.38. The Hall–Kier alpha value is -2.53. The molecule has 0 spiro atoms. The van der Waals surface area contributed by atoms with Gasteiger partial charge < -0.3 is 21.1 Å². The third-order valence-corrected chi connectivity index (χ3v) is 3.32. The summed E-state index contributed by atoms with van der Waals surface area (Å²) in [7, 11) is 1.59. The molecule has 0 aliphatic heterocycles. The second-order valence-corrected chi connectivity index (χ2v) is 4.99. The molecule has 22 heavy (non-hydrogen) atoms. The third kappa shape index (κ3) is 3.99. The summed E-state index contributed by atoms with van der Waals surface area (Å²) < 4.78 is 4.90. The number of anilines is 3. The average molecular weight is 299 g/mol. The van der Waals surface area contributed by atoms with Gasteiger partial charge >= 0.3 is 0 Å². The average Bonchev–Trinajstić information content (AvgIpc) is 2.51. The van der Waals surface area contributed by atoms with Crippen molar-refractivity contribution < 1.29 is 9.53 Å². The fourth-order valence-electron chi connectivity index (χ4n) is 2.04. The lowest BCUT2D eigenvalue weighted by molar-refractivity contribution is 0.0937. The number of para-hydroxylation sites is 1. The van der Waals surface area contributed by atoms with Crippen LogP contribution in [0.4, 0.5) is 17.1 Å². The predicted octanol–water partition coefficient (Wildman–Crippen LogP) is 2.70. The molecule has 0 atom stereocenters. The maximum Gasteiger partial charge on any atom is 0.251 e. The van der Waals surface area contributed by atoms with Crippen molar-refractivity contribution in [1.82, 2.24) is 5.32 Å². The van der Waals surface area contributed by atoms with Crippen LogP contribution in [0.1, 0.15) is 15.9 Å². The highest BCUT2D eigenvalue weighted by Crippen LogP contribution is 2.26. The van der Waals surface area contributed by atoms with Crippen LogP contribution >= 0.6 is 0 Å². The van der Waals surface area contributed by atoms with E-state index in [1.54, 1.807) is 19.2 Å². The largest absolute Gasteiger partial charge is 0.397 e. The van der Waals surface area contributed by atoms with Gasteiger partial charge in [0.15, 0.2) is 0 Å². The summed E-state index contributed by atoms with van der Waals surface area (Å²) in [6.07, 6.45) is 0. The van der Waals surface area contributed by atoms with Crippen LogP contribution in [0.5, 0.6) is 0 Å². The molecule has 0 aromatic heterocycles. The maximum atomic E-state index is 12.0. The van der Waals surface area contributed by atoms with E-state index in [1.165, 1.54) is 0 Å². The number of nitrogen functional groups attached to an aromatic ring is 1. The second kappa shape index (κ2) is 7.47. The van der Waals surface area contributed by atoms with Gasteiger partial charge in [-0.2, -0.15) is 0 Å². The summed E-state index contributed by atoms with van der Waals surface area (Å²) >= 11 is 0. The molecule has 0 heterocycles. The number of methoxy groups -OCH3 is 1. The van der Waals surface area contributed by atoms with Crippen LogP contribution in [-0.2, 0) is 4.74 Å². The zero-order valence-corrected chi connectivity index (χ0v) is 12.8. The first-order chi connectivity index (χ1) is 10.6. The molecule has 2 aromatic carbocycles.